The van der Waals surface area contributed by atoms with Crippen LogP contribution in [0.5, 0.6) is 0 Å². The predicted molar refractivity (Wildman–Crippen MR) is 106 cm³/mol. The first-order chi connectivity index (χ1) is 10.4. The molecule has 1 saturated heterocycles. The van der Waals surface area contributed by atoms with Gasteiger partial charge in [-0.2, -0.15) is 4.31 Å². The maximum absolute atomic E-state index is 11.8. The zero-order chi connectivity index (χ0) is 16.2. The van der Waals surface area contributed by atoms with Crippen LogP contribution < -0.4 is 11.1 Å². The summed E-state index contributed by atoms with van der Waals surface area (Å²) >= 11 is 0. The van der Waals surface area contributed by atoms with E-state index in [1.165, 1.54) is 6.26 Å². The maximum Gasteiger partial charge on any atom is 0.211 e. The van der Waals surface area contributed by atoms with Crippen LogP contribution in [-0.2, 0) is 10.0 Å². The summed E-state index contributed by atoms with van der Waals surface area (Å²) in [7, 11) is -3.18. The van der Waals surface area contributed by atoms with Gasteiger partial charge >= 0.3 is 0 Å². The molecule has 0 amide bonds. The monoisotopic (exact) mass is 452 g/mol. The highest BCUT2D eigenvalue weighted by atomic mass is 127. The molecule has 1 atom stereocenters. The number of hydrogen-bond acceptors (Lipinski definition) is 3. The second-order valence-electron chi connectivity index (χ2n) is 5.74. The standard InChI is InChI=1S/C15H24N4O2S.HI/c1-12-6-5-7-13(10-12)18-15(16)17-11-14-8-3-4-9-19(14)22(2,20)21;/h5-7,10,14H,3-4,8-9,11H2,1-2H3,(H3,16,17,18);1H. The van der Waals surface area contributed by atoms with Crippen LogP contribution in [0, 0.1) is 6.92 Å². The summed E-state index contributed by atoms with van der Waals surface area (Å²) in [6.45, 7) is 2.96. The molecule has 0 spiro atoms. The Morgan fingerprint density at radius 1 is 1.43 bits per heavy atom. The Morgan fingerprint density at radius 3 is 2.83 bits per heavy atom. The summed E-state index contributed by atoms with van der Waals surface area (Å²) in [5, 5.41) is 3.04. The van der Waals surface area contributed by atoms with Crippen molar-refractivity contribution in [3.05, 3.63) is 29.8 Å². The molecule has 1 unspecified atom stereocenters. The first-order valence-corrected chi connectivity index (χ1v) is 9.31. The van der Waals surface area contributed by atoms with Crippen molar-refractivity contribution in [1.82, 2.24) is 4.31 Å². The number of sulfonamides is 1. The lowest BCUT2D eigenvalue weighted by Crippen LogP contribution is -2.45. The number of anilines is 1. The van der Waals surface area contributed by atoms with E-state index in [2.05, 4.69) is 10.3 Å². The van der Waals surface area contributed by atoms with Gasteiger partial charge in [0.05, 0.1) is 12.8 Å². The molecule has 1 aromatic carbocycles. The Morgan fingerprint density at radius 2 is 2.17 bits per heavy atom. The Labute approximate surface area is 155 Å². The van der Waals surface area contributed by atoms with Gasteiger partial charge in [-0.3, -0.25) is 4.99 Å². The van der Waals surface area contributed by atoms with E-state index in [-0.39, 0.29) is 30.0 Å². The molecular weight excluding hydrogens is 427 g/mol. The molecule has 1 aliphatic heterocycles. The summed E-state index contributed by atoms with van der Waals surface area (Å²) in [5.74, 6) is 0.310. The van der Waals surface area contributed by atoms with Gasteiger partial charge in [-0.05, 0) is 37.5 Å². The average molecular weight is 452 g/mol. The zero-order valence-corrected chi connectivity index (χ0v) is 16.7. The molecule has 130 valence electrons. The molecule has 2 rings (SSSR count). The highest BCUT2D eigenvalue weighted by molar-refractivity contribution is 14.0. The third-order valence-electron chi connectivity index (χ3n) is 3.76. The number of halogens is 1. The summed E-state index contributed by atoms with van der Waals surface area (Å²) < 4.78 is 25.1. The van der Waals surface area contributed by atoms with Gasteiger partial charge in [0.25, 0.3) is 0 Å². The van der Waals surface area contributed by atoms with Crippen LogP contribution in [0.3, 0.4) is 0 Å². The van der Waals surface area contributed by atoms with Crippen molar-refractivity contribution in [3.8, 4) is 0 Å². The van der Waals surface area contributed by atoms with Gasteiger partial charge in [0.15, 0.2) is 5.96 Å². The van der Waals surface area contributed by atoms with E-state index in [0.717, 1.165) is 30.5 Å². The number of hydrogen-bond donors (Lipinski definition) is 2. The molecule has 8 heteroatoms. The van der Waals surface area contributed by atoms with Crippen molar-refractivity contribution in [2.75, 3.05) is 24.7 Å². The van der Waals surface area contributed by atoms with Crippen molar-refractivity contribution in [2.24, 2.45) is 10.7 Å². The molecule has 1 fully saturated rings. The molecule has 1 heterocycles. The molecule has 0 aliphatic carbocycles. The summed E-state index contributed by atoms with van der Waals surface area (Å²) in [4.78, 5) is 4.31. The van der Waals surface area contributed by atoms with E-state index in [0.29, 0.717) is 19.0 Å². The number of aryl methyl sites for hydroxylation is 1. The highest BCUT2D eigenvalue weighted by Crippen LogP contribution is 2.20. The highest BCUT2D eigenvalue weighted by Gasteiger charge is 2.28. The largest absolute Gasteiger partial charge is 0.370 e. The number of piperidine rings is 1. The lowest BCUT2D eigenvalue weighted by molar-refractivity contribution is 0.259. The van der Waals surface area contributed by atoms with Crippen molar-refractivity contribution in [2.45, 2.75) is 32.2 Å². The van der Waals surface area contributed by atoms with E-state index in [1.54, 1.807) is 4.31 Å². The van der Waals surface area contributed by atoms with Gasteiger partial charge in [-0.15, -0.1) is 24.0 Å². The number of guanidine groups is 1. The zero-order valence-electron chi connectivity index (χ0n) is 13.5. The fourth-order valence-electron chi connectivity index (χ4n) is 2.71. The van der Waals surface area contributed by atoms with Crippen LogP contribution in [0.25, 0.3) is 0 Å². The lowest BCUT2D eigenvalue weighted by Gasteiger charge is -2.32. The molecule has 1 aromatic rings. The Balaban J connectivity index is 0.00000264. The first-order valence-electron chi connectivity index (χ1n) is 7.46. The lowest BCUT2D eigenvalue weighted by atomic mass is 10.1. The van der Waals surface area contributed by atoms with E-state index < -0.39 is 10.0 Å². The molecule has 0 saturated carbocycles. The molecule has 23 heavy (non-hydrogen) atoms. The predicted octanol–water partition coefficient (Wildman–Crippen LogP) is 2.15. The van der Waals surface area contributed by atoms with Crippen LogP contribution >= 0.6 is 24.0 Å². The summed E-state index contributed by atoms with van der Waals surface area (Å²) in [6, 6.07) is 7.74. The smallest absolute Gasteiger partial charge is 0.211 e. The topological polar surface area (TPSA) is 87.8 Å². The fraction of sp³-hybridized carbons (Fsp3) is 0.533. The maximum atomic E-state index is 11.8. The molecular formula is C15H25IN4O2S. The molecule has 1 aliphatic rings. The van der Waals surface area contributed by atoms with E-state index in [9.17, 15) is 8.42 Å². The SMILES string of the molecule is Cc1cccc(NC(N)=NCC2CCCCN2S(C)(=O)=O)c1.I. The first kappa shape index (κ1) is 20.2. The Hall–Kier alpha value is -0.870. The summed E-state index contributed by atoms with van der Waals surface area (Å²) in [5.41, 5.74) is 7.91. The van der Waals surface area contributed by atoms with Gasteiger partial charge in [-0.1, -0.05) is 18.6 Å². The normalized spacial score (nSPS) is 19.9. The third-order valence-corrected chi connectivity index (χ3v) is 5.09. The van der Waals surface area contributed by atoms with E-state index in [4.69, 9.17) is 5.73 Å². The van der Waals surface area contributed by atoms with E-state index in [1.807, 2.05) is 31.2 Å². The molecule has 6 nitrogen and oxygen atoms in total. The molecule has 0 aromatic heterocycles. The number of nitrogens with zero attached hydrogens (tertiary/aromatic N) is 2. The number of aliphatic imine (C=N–C) groups is 1. The van der Waals surface area contributed by atoms with Crippen LogP contribution in [0.1, 0.15) is 24.8 Å². The second-order valence-corrected chi connectivity index (χ2v) is 7.68. The van der Waals surface area contributed by atoms with Gasteiger partial charge in [-0.25, -0.2) is 8.42 Å². The number of rotatable bonds is 4. The van der Waals surface area contributed by atoms with Crippen molar-refractivity contribution < 1.29 is 8.42 Å². The quantitative estimate of drug-likeness (QED) is 0.417. The van der Waals surface area contributed by atoms with Gasteiger partial charge in [0.1, 0.15) is 0 Å². The number of nitrogens with two attached hydrogens (primary N) is 1. The molecule has 0 bridgehead atoms. The Bertz CT molecular complexity index is 649. The minimum absolute atomic E-state index is 0. The number of nitrogens with one attached hydrogen (secondary N) is 1. The molecule has 3 N–H and O–H groups in total. The van der Waals surface area contributed by atoms with E-state index >= 15 is 0 Å². The van der Waals surface area contributed by atoms with Crippen molar-refractivity contribution in [3.63, 3.8) is 0 Å². The van der Waals surface area contributed by atoms with Crippen molar-refractivity contribution in [1.29, 1.82) is 0 Å². The average Bonchev–Trinajstić information content (AvgIpc) is 2.44. The summed E-state index contributed by atoms with van der Waals surface area (Å²) in [6.07, 6.45) is 4.01. The van der Waals surface area contributed by atoms with Crippen LogP contribution in [0.2, 0.25) is 0 Å². The van der Waals surface area contributed by atoms with Crippen LogP contribution in [0.15, 0.2) is 29.3 Å². The minimum Gasteiger partial charge on any atom is -0.370 e. The van der Waals surface area contributed by atoms with Gasteiger partial charge < -0.3 is 11.1 Å². The third kappa shape index (κ3) is 6.27. The molecule has 0 radical (unpaired) electrons. The van der Waals surface area contributed by atoms with Crippen LogP contribution in [-0.4, -0.2) is 44.1 Å². The Kier molecular flexibility index (Phi) is 7.75. The fourth-order valence-corrected chi connectivity index (χ4v) is 3.88. The second kappa shape index (κ2) is 8.84. The van der Waals surface area contributed by atoms with Crippen molar-refractivity contribution >= 4 is 45.6 Å². The van der Waals surface area contributed by atoms with Crippen LogP contribution in [0.4, 0.5) is 5.69 Å². The van der Waals surface area contributed by atoms with Gasteiger partial charge in [0, 0.05) is 18.3 Å². The minimum atomic E-state index is -3.18. The number of benzene rings is 1. The van der Waals surface area contributed by atoms with Gasteiger partial charge in [0.2, 0.25) is 10.0 Å².